The number of aromatic nitrogens is 1. The third-order valence-corrected chi connectivity index (χ3v) is 6.74. The number of nitrogens with one attached hydrogen (secondary N) is 1. The van der Waals surface area contributed by atoms with Gasteiger partial charge in [-0.2, -0.15) is 0 Å². The number of nitrogens with zero attached hydrogens (tertiary/aromatic N) is 2. The van der Waals surface area contributed by atoms with Gasteiger partial charge in [0, 0.05) is 36.4 Å². The normalized spacial score (nSPS) is 16.4. The minimum Gasteiger partial charge on any atom is -0.503 e. The molecule has 180 valence electrons. The summed E-state index contributed by atoms with van der Waals surface area (Å²) in [6.45, 7) is 1.69. The van der Waals surface area contributed by atoms with Crippen molar-refractivity contribution >= 4 is 23.4 Å². The van der Waals surface area contributed by atoms with Gasteiger partial charge in [0.05, 0.1) is 6.04 Å². The van der Waals surface area contributed by atoms with Gasteiger partial charge in [-0.3, -0.25) is 14.4 Å². The second kappa shape index (κ2) is 8.49. The number of halogens is 3. The minimum absolute atomic E-state index is 0.207. The zero-order valence-electron chi connectivity index (χ0n) is 18.6. The Hall–Kier alpha value is -3.72. The lowest BCUT2D eigenvalue weighted by atomic mass is 9.97. The van der Waals surface area contributed by atoms with Crippen molar-refractivity contribution in [2.75, 3.05) is 13.1 Å². The summed E-state index contributed by atoms with van der Waals surface area (Å²) in [6, 6.07) is 7.15. The van der Waals surface area contributed by atoms with Gasteiger partial charge in [-0.1, -0.05) is 17.7 Å². The van der Waals surface area contributed by atoms with E-state index in [1.807, 2.05) is 12.1 Å². The van der Waals surface area contributed by atoms with Crippen molar-refractivity contribution in [3.8, 4) is 5.75 Å². The van der Waals surface area contributed by atoms with Crippen molar-refractivity contribution in [3.63, 3.8) is 0 Å². The largest absolute Gasteiger partial charge is 0.503 e. The van der Waals surface area contributed by atoms with Crippen molar-refractivity contribution in [1.29, 1.82) is 0 Å². The predicted molar refractivity (Wildman–Crippen MR) is 124 cm³/mol. The van der Waals surface area contributed by atoms with E-state index in [0.29, 0.717) is 23.6 Å². The Balaban J connectivity index is 1.56. The molecule has 0 fully saturated rings. The van der Waals surface area contributed by atoms with E-state index in [9.17, 15) is 28.3 Å². The second-order valence-electron chi connectivity index (χ2n) is 8.73. The molecule has 7 nitrogen and oxygen atoms in total. The van der Waals surface area contributed by atoms with Crippen LogP contribution in [0.15, 0.2) is 41.3 Å². The summed E-state index contributed by atoms with van der Waals surface area (Å²) in [5.74, 6) is -3.95. The van der Waals surface area contributed by atoms with Crippen molar-refractivity contribution in [3.05, 3.63) is 96.9 Å². The number of carbonyl (C=O) groups excluding carboxylic acids is 2. The molecule has 3 aromatic rings. The van der Waals surface area contributed by atoms with Gasteiger partial charge in [-0.25, -0.2) is 8.78 Å². The number of hydrogen-bond donors (Lipinski definition) is 2. The van der Waals surface area contributed by atoms with Gasteiger partial charge < -0.3 is 19.9 Å². The van der Waals surface area contributed by atoms with Gasteiger partial charge in [0.1, 0.15) is 17.2 Å². The van der Waals surface area contributed by atoms with E-state index < -0.39 is 52.8 Å². The molecule has 1 atom stereocenters. The Morgan fingerprint density at radius 3 is 2.63 bits per heavy atom. The zero-order chi connectivity index (χ0) is 25.0. The average Bonchev–Trinajstić information content (AvgIpc) is 2.96. The van der Waals surface area contributed by atoms with E-state index in [4.69, 9.17) is 11.6 Å². The lowest BCUT2D eigenvalue weighted by Crippen LogP contribution is -2.45. The van der Waals surface area contributed by atoms with Crippen LogP contribution in [-0.2, 0) is 13.0 Å². The molecule has 10 heteroatoms. The standard InChI is InChI=1S/C25H20ClF2N3O4/c1-12-6-18(27)16(19(28)7-12)9-29-24(34)17-10-31-20-11-30(25(35)21(31)23(33)22(17)32)5-4-13-8-14(26)2-3-15(13)20/h2-3,6-8,10,20,33H,4-5,9,11H2,1H3,(H,29,34). The van der Waals surface area contributed by atoms with E-state index in [-0.39, 0.29) is 17.8 Å². The van der Waals surface area contributed by atoms with Crippen LogP contribution in [0.4, 0.5) is 8.78 Å². The zero-order valence-corrected chi connectivity index (χ0v) is 19.3. The molecule has 2 aromatic carbocycles. The monoisotopic (exact) mass is 499 g/mol. The van der Waals surface area contributed by atoms with Crippen molar-refractivity contribution in [2.24, 2.45) is 0 Å². The van der Waals surface area contributed by atoms with Crippen LogP contribution in [0.3, 0.4) is 0 Å². The highest BCUT2D eigenvalue weighted by atomic mass is 35.5. The maximum absolute atomic E-state index is 14.2. The quantitative estimate of drug-likeness (QED) is 0.578. The van der Waals surface area contributed by atoms with E-state index in [2.05, 4.69) is 5.32 Å². The molecule has 1 aromatic heterocycles. The Kier molecular flexibility index (Phi) is 5.59. The lowest BCUT2D eigenvalue weighted by molar-refractivity contribution is 0.0686. The van der Waals surface area contributed by atoms with Crippen LogP contribution >= 0.6 is 11.6 Å². The topological polar surface area (TPSA) is 91.6 Å². The number of hydrogen-bond acceptors (Lipinski definition) is 4. The number of benzene rings is 2. The molecular formula is C25H20ClF2N3O4. The first-order valence-electron chi connectivity index (χ1n) is 10.9. The molecule has 2 N–H and O–H groups in total. The third kappa shape index (κ3) is 3.85. The van der Waals surface area contributed by atoms with Gasteiger partial charge in [0.25, 0.3) is 11.8 Å². The third-order valence-electron chi connectivity index (χ3n) is 6.50. The Morgan fingerprint density at radius 2 is 1.91 bits per heavy atom. The molecule has 2 amide bonds. The summed E-state index contributed by atoms with van der Waals surface area (Å²) in [5, 5.41) is 13.6. The van der Waals surface area contributed by atoms with Gasteiger partial charge in [-0.15, -0.1) is 0 Å². The molecule has 0 saturated carbocycles. The first kappa shape index (κ1) is 23.0. The number of carbonyl (C=O) groups is 2. The molecular weight excluding hydrogens is 480 g/mol. The maximum atomic E-state index is 14.2. The van der Waals surface area contributed by atoms with Crippen LogP contribution in [0.5, 0.6) is 5.75 Å². The molecule has 5 rings (SSSR count). The number of aromatic hydroxyl groups is 1. The summed E-state index contributed by atoms with van der Waals surface area (Å²) in [5.41, 5.74) is 0.108. The van der Waals surface area contributed by atoms with E-state index in [0.717, 1.165) is 23.3 Å². The first-order valence-corrected chi connectivity index (χ1v) is 11.3. The number of fused-ring (bicyclic) bond motifs is 6. The Morgan fingerprint density at radius 1 is 1.20 bits per heavy atom. The molecule has 3 heterocycles. The Labute approximate surface area is 203 Å². The number of rotatable bonds is 3. The van der Waals surface area contributed by atoms with Gasteiger partial charge in [0.2, 0.25) is 5.43 Å². The fourth-order valence-corrected chi connectivity index (χ4v) is 4.94. The molecule has 0 saturated heterocycles. The average molecular weight is 500 g/mol. The highest BCUT2D eigenvalue weighted by Gasteiger charge is 2.38. The molecule has 0 spiro atoms. The summed E-state index contributed by atoms with van der Waals surface area (Å²) in [4.78, 5) is 40.4. The van der Waals surface area contributed by atoms with Crippen LogP contribution in [0, 0.1) is 18.6 Å². The highest BCUT2D eigenvalue weighted by molar-refractivity contribution is 6.30. The summed E-state index contributed by atoms with van der Waals surface area (Å²) < 4.78 is 29.8. The highest BCUT2D eigenvalue weighted by Crippen LogP contribution is 2.35. The fraction of sp³-hybridized carbons (Fsp3) is 0.240. The first-order chi connectivity index (χ1) is 16.7. The molecule has 0 aliphatic carbocycles. The van der Waals surface area contributed by atoms with Crippen LogP contribution in [0.1, 0.15) is 49.1 Å². The smallest absolute Gasteiger partial charge is 0.274 e. The number of pyridine rings is 1. The second-order valence-corrected chi connectivity index (χ2v) is 9.16. The maximum Gasteiger partial charge on any atom is 0.274 e. The number of aryl methyl sites for hydroxylation is 1. The summed E-state index contributed by atoms with van der Waals surface area (Å²) >= 11 is 6.16. The van der Waals surface area contributed by atoms with Crippen LogP contribution in [0.2, 0.25) is 5.02 Å². The van der Waals surface area contributed by atoms with Crippen LogP contribution < -0.4 is 10.7 Å². The van der Waals surface area contributed by atoms with Crippen molar-refractivity contribution in [2.45, 2.75) is 25.9 Å². The van der Waals surface area contributed by atoms with E-state index in [1.165, 1.54) is 17.7 Å². The Bertz CT molecular complexity index is 1450. The lowest BCUT2D eigenvalue weighted by Gasteiger charge is -2.35. The molecule has 35 heavy (non-hydrogen) atoms. The molecule has 0 radical (unpaired) electrons. The molecule has 1 unspecified atom stereocenters. The van der Waals surface area contributed by atoms with Gasteiger partial charge in [-0.05, 0) is 54.3 Å². The van der Waals surface area contributed by atoms with Gasteiger partial charge in [0.15, 0.2) is 11.4 Å². The summed E-state index contributed by atoms with van der Waals surface area (Å²) in [6.07, 6.45) is 1.76. The van der Waals surface area contributed by atoms with Crippen molar-refractivity contribution < 1.29 is 23.5 Å². The molecule has 2 aliphatic rings. The van der Waals surface area contributed by atoms with E-state index >= 15 is 0 Å². The molecule has 2 aliphatic heterocycles. The van der Waals surface area contributed by atoms with Crippen LogP contribution in [-0.4, -0.2) is 39.5 Å². The SMILES string of the molecule is Cc1cc(F)c(CNC(=O)c2cn3c(c(O)c2=O)C(=O)N2CCc4cc(Cl)ccc4C3C2)c(F)c1. The molecule has 2 bridgehead atoms. The van der Waals surface area contributed by atoms with E-state index in [1.54, 1.807) is 11.0 Å². The van der Waals surface area contributed by atoms with Crippen molar-refractivity contribution in [1.82, 2.24) is 14.8 Å². The van der Waals surface area contributed by atoms with Gasteiger partial charge >= 0.3 is 0 Å². The minimum atomic E-state index is -1.04. The number of amides is 2. The van der Waals surface area contributed by atoms with Crippen LogP contribution in [0.25, 0.3) is 0 Å². The predicted octanol–water partition coefficient (Wildman–Crippen LogP) is 3.33. The summed E-state index contributed by atoms with van der Waals surface area (Å²) in [7, 11) is 0. The fourth-order valence-electron chi connectivity index (χ4n) is 4.74.